The number of nitrogens with one attached hydrogen (secondary N) is 1. The highest BCUT2D eigenvalue weighted by Gasteiger charge is 2.27. The number of anilines is 1. The zero-order valence-corrected chi connectivity index (χ0v) is 16.8. The monoisotopic (exact) mass is 442 g/mol. The molecular formula is C19H31IN4. The molecule has 1 saturated heterocycles. The summed E-state index contributed by atoms with van der Waals surface area (Å²) in [5, 5.41) is 3.17. The number of hydrogen-bond donors (Lipinski definition) is 2. The van der Waals surface area contributed by atoms with E-state index >= 15 is 0 Å². The number of hydrogen-bond acceptors (Lipinski definition) is 2. The standard InChI is InChI=1S/C19H30N4.HI/c20-19(22-17-10-5-2-6-11-17)21-14-18-12-7-13-23(18)15-16-8-3-1-4-9-16;/h2,5-6,10-11,16,18H,1,3-4,7-9,12-15H2,(H3,20,21,22);1H. The van der Waals surface area contributed by atoms with Crippen LogP contribution in [-0.2, 0) is 0 Å². The first kappa shape index (κ1) is 19.5. The fourth-order valence-corrected chi connectivity index (χ4v) is 3.96. The molecule has 0 amide bonds. The topological polar surface area (TPSA) is 53.6 Å². The normalized spacial score (nSPS) is 23.0. The van der Waals surface area contributed by atoms with E-state index in [1.54, 1.807) is 0 Å². The molecule has 1 saturated carbocycles. The number of benzene rings is 1. The molecule has 1 aliphatic heterocycles. The first-order valence-electron chi connectivity index (χ1n) is 9.17. The van der Waals surface area contributed by atoms with E-state index in [1.807, 2.05) is 30.3 Å². The molecule has 1 heterocycles. The minimum atomic E-state index is 0. The molecule has 2 fully saturated rings. The Kier molecular flexibility index (Phi) is 8.32. The van der Waals surface area contributed by atoms with E-state index in [4.69, 9.17) is 5.73 Å². The first-order valence-corrected chi connectivity index (χ1v) is 9.17. The number of rotatable bonds is 5. The highest BCUT2D eigenvalue weighted by Crippen LogP contribution is 2.27. The summed E-state index contributed by atoms with van der Waals surface area (Å²) in [5.41, 5.74) is 7.03. The second-order valence-electron chi connectivity index (χ2n) is 7.01. The lowest BCUT2D eigenvalue weighted by Crippen LogP contribution is -2.37. The molecule has 3 rings (SSSR count). The van der Waals surface area contributed by atoms with Gasteiger partial charge in [0.2, 0.25) is 0 Å². The van der Waals surface area contributed by atoms with Crippen molar-refractivity contribution >= 4 is 35.6 Å². The van der Waals surface area contributed by atoms with E-state index in [1.165, 1.54) is 58.0 Å². The molecule has 2 aliphatic rings. The van der Waals surface area contributed by atoms with E-state index in [0.29, 0.717) is 12.0 Å². The van der Waals surface area contributed by atoms with Crippen LogP contribution in [0.25, 0.3) is 0 Å². The van der Waals surface area contributed by atoms with E-state index < -0.39 is 0 Å². The van der Waals surface area contributed by atoms with Crippen LogP contribution < -0.4 is 11.1 Å². The van der Waals surface area contributed by atoms with Crippen molar-refractivity contribution in [3.63, 3.8) is 0 Å². The smallest absolute Gasteiger partial charge is 0.193 e. The summed E-state index contributed by atoms with van der Waals surface area (Å²) in [5.74, 6) is 1.44. The third-order valence-electron chi connectivity index (χ3n) is 5.24. The van der Waals surface area contributed by atoms with Gasteiger partial charge in [-0.2, -0.15) is 0 Å². The third-order valence-corrected chi connectivity index (χ3v) is 5.24. The number of para-hydroxylation sites is 1. The van der Waals surface area contributed by atoms with Gasteiger partial charge in [-0.05, 0) is 50.3 Å². The van der Waals surface area contributed by atoms with E-state index in [2.05, 4.69) is 15.2 Å². The van der Waals surface area contributed by atoms with E-state index in [-0.39, 0.29) is 24.0 Å². The van der Waals surface area contributed by atoms with Gasteiger partial charge in [0.15, 0.2) is 5.96 Å². The molecule has 5 heteroatoms. The number of nitrogens with zero attached hydrogens (tertiary/aromatic N) is 2. The van der Waals surface area contributed by atoms with Gasteiger partial charge < -0.3 is 11.1 Å². The average Bonchev–Trinajstić information content (AvgIpc) is 3.02. The Morgan fingerprint density at radius 3 is 2.58 bits per heavy atom. The number of nitrogens with two attached hydrogens (primary N) is 1. The van der Waals surface area contributed by atoms with Gasteiger partial charge in [0.25, 0.3) is 0 Å². The summed E-state index contributed by atoms with van der Waals surface area (Å²) in [6.07, 6.45) is 9.69. The molecule has 4 nitrogen and oxygen atoms in total. The van der Waals surface area contributed by atoms with Crippen LogP contribution in [0.3, 0.4) is 0 Å². The van der Waals surface area contributed by atoms with Crippen molar-refractivity contribution in [2.24, 2.45) is 16.6 Å². The minimum Gasteiger partial charge on any atom is -0.370 e. The largest absolute Gasteiger partial charge is 0.370 e. The lowest BCUT2D eigenvalue weighted by molar-refractivity contribution is 0.191. The van der Waals surface area contributed by atoms with Crippen molar-refractivity contribution in [1.82, 2.24) is 4.90 Å². The number of aliphatic imine (C=N–C) groups is 1. The fraction of sp³-hybridized carbons (Fsp3) is 0.632. The maximum Gasteiger partial charge on any atom is 0.193 e. The number of likely N-dealkylation sites (tertiary alicyclic amines) is 1. The Morgan fingerprint density at radius 1 is 1.08 bits per heavy atom. The molecule has 0 bridgehead atoms. The van der Waals surface area contributed by atoms with Gasteiger partial charge in [-0.3, -0.25) is 9.89 Å². The van der Waals surface area contributed by atoms with Crippen LogP contribution >= 0.6 is 24.0 Å². The van der Waals surface area contributed by atoms with Crippen molar-refractivity contribution < 1.29 is 0 Å². The van der Waals surface area contributed by atoms with Crippen molar-refractivity contribution in [2.45, 2.75) is 51.0 Å². The second-order valence-corrected chi connectivity index (χ2v) is 7.01. The highest BCUT2D eigenvalue weighted by atomic mass is 127. The lowest BCUT2D eigenvalue weighted by Gasteiger charge is -2.30. The van der Waals surface area contributed by atoms with Crippen LogP contribution in [0.5, 0.6) is 0 Å². The highest BCUT2D eigenvalue weighted by molar-refractivity contribution is 14.0. The van der Waals surface area contributed by atoms with Crippen molar-refractivity contribution in [2.75, 3.05) is 25.0 Å². The molecule has 3 N–H and O–H groups in total. The molecule has 1 aromatic rings. The third kappa shape index (κ3) is 5.92. The van der Waals surface area contributed by atoms with Crippen molar-refractivity contribution in [1.29, 1.82) is 0 Å². The summed E-state index contributed by atoms with van der Waals surface area (Å²) in [4.78, 5) is 7.25. The molecule has 134 valence electrons. The predicted octanol–water partition coefficient (Wildman–Crippen LogP) is 4.08. The summed E-state index contributed by atoms with van der Waals surface area (Å²) in [6.45, 7) is 3.33. The average molecular weight is 442 g/mol. The van der Waals surface area contributed by atoms with Crippen LogP contribution in [0, 0.1) is 5.92 Å². The van der Waals surface area contributed by atoms with Crippen LogP contribution in [0.2, 0.25) is 0 Å². The summed E-state index contributed by atoms with van der Waals surface area (Å²) < 4.78 is 0. The van der Waals surface area contributed by atoms with Crippen molar-refractivity contribution in [3.8, 4) is 0 Å². The lowest BCUT2D eigenvalue weighted by atomic mass is 9.89. The molecule has 1 aliphatic carbocycles. The molecule has 24 heavy (non-hydrogen) atoms. The van der Waals surface area contributed by atoms with Crippen molar-refractivity contribution in [3.05, 3.63) is 30.3 Å². The molecule has 0 radical (unpaired) electrons. The van der Waals surface area contributed by atoms with Crippen LogP contribution in [0.15, 0.2) is 35.3 Å². The maximum absolute atomic E-state index is 6.03. The predicted molar refractivity (Wildman–Crippen MR) is 113 cm³/mol. The zero-order valence-electron chi connectivity index (χ0n) is 14.5. The van der Waals surface area contributed by atoms with Gasteiger partial charge >= 0.3 is 0 Å². The van der Waals surface area contributed by atoms with Gasteiger partial charge in [0, 0.05) is 18.3 Å². The summed E-state index contributed by atoms with van der Waals surface area (Å²) >= 11 is 0. The zero-order chi connectivity index (χ0) is 15.9. The summed E-state index contributed by atoms with van der Waals surface area (Å²) in [7, 11) is 0. The van der Waals surface area contributed by atoms with Gasteiger partial charge in [-0.25, -0.2) is 0 Å². The molecule has 1 atom stereocenters. The van der Waals surface area contributed by atoms with Crippen LogP contribution in [0.1, 0.15) is 44.9 Å². The second kappa shape index (κ2) is 10.2. The van der Waals surface area contributed by atoms with E-state index in [0.717, 1.165) is 18.2 Å². The minimum absolute atomic E-state index is 0. The van der Waals surface area contributed by atoms with Gasteiger partial charge in [-0.1, -0.05) is 37.5 Å². The Labute approximate surface area is 163 Å². The molecule has 0 spiro atoms. The molecule has 0 aromatic heterocycles. The molecule has 1 unspecified atom stereocenters. The maximum atomic E-state index is 6.03. The SMILES string of the molecule is I.NC(=NCC1CCCN1CC1CCCCC1)Nc1ccccc1. The Morgan fingerprint density at radius 2 is 1.83 bits per heavy atom. The Balaban J connectivity index is 0.00000208. The Hall–Kier alpha value is -0.820. The first-order chi connectivity index (χ1) is 11.3. The fourth-order valence-electron chi connectivity index (χ4n) is 3.96. The Bertz CT molecular complexity index is 499. The van der Waals surface area contributed by atoms with Crippen LogP contribution in [0.4, 0.5) is 5.69 Å². The van der Waals surface area contributed by atoms with Crippen LogP contribution in [-0.4, -0.2) is 36.5 Å². The molecule has 1 aromatic carbocycles. The number of guanidine groups is 1. The number of halogens is 1. The van der Waals surface area contributed by atoms with Gasteiger partial charge in [-0.15, -0.1) is 24.0 Å². The van der Waals surface area contributed by atoms with Gasteiger partial charge in [0.1, 0.15) is 0 Å². The van der Waals surface area contributed by atoms with Gasteiger partial charge in [0.05, 0.1) is 6.54 Å². The van der Waals surface area contributed by atoms with E-state index in [9.17, 15) is 0 Å². The molecular weight excluding hydrogens is 411 g/mol. The summed E-state index contributed by atoms with van der Waals surface area (Å²) in [6, 6.07) is 10.6. The quantitative estimate of drug-likeness (QED) is 0.411.